The minimum atomic E-state index is -1.20. The molecular formula is C13H8N4O4. The maximum atomic E-state index is 11.2. The predicted molar refractivity (Wildman–Crippen MR) is 72.5 cm³/mol. The Morgan fingerprint density at radius 1 is 1.29 bits per heavy atom. The molecule has 2 heterocycles. The number of benzene rings is 1. The zero-order valence-corrected chi connectivity index (χ0v) is 10.5. The molecule has 1 aromatic carbocycles. The van der Waals surface area contributed by atoms with Gasteiger partial charge in [0.05, 0.1) is 10.4 Å². The Morgan fingerprint density at radius 2 is 2.05 bits per heavy atom. The highest BCUT2D eigenvalue weighted by atomic mass is 16.6. The van der Waals surface area contributed by atoms with Crippen LogP contribution in [0.1, 0.15) is 10.5 Å². The van der Waals surface area contributed by atoms with E-state index in [1.165, 1.54) is 16.9 Å². The van der Waals surface area contributed by atoms with Crippen LogP contribution in [0.5, 0.6) is 0 Å². The maximum absolute atomic E-state index is 11.2. The predicted octanol–water partition coefficient (Wildman–Crippen LogP) is 2.03. The molecular weight excluding hydrogens is 276 g/mol. The molecule has 21 heavy (non-hydrogen) atoms. The summed E-state index contributed by atoms with van der Waals surface area (Å²) in [4.78, 5) is 25.6. The third-order valence-electron chi connectivity index (χ3n) is 2.96. The van der Waals surface area contributed by atoms with Crippen LogP contribution in [0.2, 0.25) is 0 Å². The van der Waals surface area contributed by atoms with Crippen molar-refractivity contribution in [2.45, 2.75) is 0 Å². The van der Waals surface area contributed by atoms with E-state index in [4.69, 9.17) is 5.11 Å². The Bertz CT molecular complexity index is 871. The number of nitrogens with zero attached hydrogens (tertiary/aromatic N) is 4. The maximum Gasteiger partial charge on any atom is 0.356 e. The fraction of sp³-hybridized carbons (Fsp3) is 0. The number of aromatic nitrogens is 3. The number of aromatic carboxylic acids is 1. The van der Waals surface area contributed by atoms with E-state index >= 15 is 0 Å². The lowest BCUT2D eigenvalue weighted by Gasteiger charge is -2.06. The van der Waals surface area contributed by atoms with Crippen molar-refractivity contribution in [3.63, 3.8) is 0 Å². The molecule has 0 saturated heterocycles. The zero-order valence-electron chi connectivity index (χ0n) is 10.5. The van der Waals surface area contributed by atoms with E-state index in [-0.39, 0.29) is 17.1 Å². The summed E-state index contributed by atoms with van der Waals surface area (Å²) in [6.07, 6.45) is 2.51. The smallest absolute Gasteiger partial charge is 0.356 e. The largest absolute Gasteiger partial charge is 0.476 e. The van der Waals surface area contributed by atoms with Gasteiger partial charge in [-0.05, 0) is 12.1 Å². The Balaban J connectivity index is 2.34. The number of fused-ring (bicyclic) bond motifs is 1. The Kier molecular flexibility index (Phi) is 2.83. The molecule has 3 aromatic rings. The van der Waals surface area contributed by atoms with Gasteiger partial charge in [-0.25, -0.2) is 14.5 Å². The number of rotatable bonds is 3. The summed E-state index contributed by atoms with van der Waals surface area (Å²) >= 11 is 0. The van der Waals surface area contributed by atoms with Crippen LogP contribution in [0.15, 0.2) is 42.7 Å². The van der Waals surface area contributed by atoms with Crippen LogP contribution in [0.25, 0.3) is 16.6 Å². The third kappa shape index (κ3) is 2.08. The summed E-state index contributed by atoms with van der Waals surface area (Å²) in [5.41, 5.74) is 0.322. The summed E-state index contributed by atoms with van der Waals surface area (Å²) in [5.74, 6) is -1.20. The second kappa shape index (κ2) is 4.67. The first-order valence-corrected chi connectivity index (χ1v) is 5.89. The van der Waals surface area contributed by atoms with Gasteiger partial charge >= 0.3 is 11.7 Å². The molecule has 0 amide bonds. The summed E-state index contributed by atoms with van der Waals surface area (Å²) in [6.45, 7) is 0. The van der Waals surface area contributed by atoms with Gasteiger partial charge in [0, 0.05) is 11.6 Å². The minimum Gasteiger partial charge on any atom is -0.476 e. The van der Waals surface area contributed by atoms with E-state index in [2.05, 4.69) is 10.1 Å². The molecule has 0 aliphatic rings. The summed E-state index contributed by atoms with van der Waals surface area (Å²) < 4.78 is 1.19. The molecule has 3 rings (SSSR count). The number of carboxylic acid groups (broad SMARTS) is 1. The van der Waals surface area contributed by atoms with Crippen molar-refractivity contribution >= 4 is 22.6 Å². The van der Waals surface area contributed by atoms with Gasteiger partial charge in [0.15, 0.2) is 11.4 Å². The number of carboxylic acids is 1. The number of hydrogen-bond acceptors (Lipinski definition) is 5. The van der Waals surface area contributed by atoms with Gasteiger partial charge in [-0.2, -0.15) is 5.10 Å². The molecule has 2 aromatic heterocycles. The molecule has 0 aliphatic carbocycles. The molecule has 0 aliphatic heterocycles. The quantitative estimate of drug-likeness (QED) is 0.581. The van der Waals surface area contributed by atoms with Gasteiger partial charge in [-0.1, -0.05) is 18.2 Å². The van der Waals surface area contributed by atoms with E-state index in [9.17, 15) is 14.9 Å². The Morgan fingerprint density at radius 3 is 2.71 bits per heavy atom. The molecule has 1 N–H and O–H groups in total. The van der Waals surface area contributed by atoms with Crippen molar-refractivity contribution in [3.8, 4) is 5.69 Å². The van der Waals surface area contributed by atoms with Gasteiger partial charge in [0.2, 0.25) is 0 Å². The second-order valence-electron chi connectivity index (χ2n) is 4.22. The van der Waals surface area contributed by atoms with Gasteiger partial charge < -0.3 is 5.11 Å². The van der Waals surface area contributed by atoms with Crippen molar-refractivity contribution < 1.29 is 14.8 Å². The highest BCUT2D eigenvalue weighted by molar-refractivity contribution is 5.91. The molecule has 0 atom stereocenters. The Labute approximate surface area is 117 Å². The first-order chi connectivity index (χ1) is 10.1. The normalized spacial score (nSPS) is 10.7. The lowest BCUT2D eigenvalue weighted by atomic mass is 10.1. The fourth-order valence-electron chi connectivity index (χ4n) is 2.05. The lowest BCUT2D eigenvalue weighted by Crippen LogP contribution is -2.05. The molecule has 8 nitrogen and oxygen atoms in total. The first kappa shape index (κ1) is 12.7. The highest BCUT2D eigenvalue weighted by Gasteiger charge is 2.21. The molecule has 0 fully saturated rings. The monoisotopic (exact) mass is 284 g/mol. The molecule has 104 valence electrons. The lowest BCUT2D eigenvalue weighted by molar-refractivity contribution is -0.384. The van der Waals surface area contributed by atoms with Crippen LogP contribution in [-0.2, 0) is 0 Å². The van der Waals surface area contributed by atoms with Crippen LogP contribution in [0, 0.1) is 10.1 Å². The van der Waals surface area contributed by atoms with Crippen LogP contribution < -0.4 is 0 Å². The van der Waals surface area contributed by atoms with Gasteiger partial charge in [-0.3, -0.25) is 10.1 Å². The topological polar surface area (TPSA) is 111 Å². The summed E-state index contributed by atoms with van der Waals surface area (Å²) in [5, 5.41) is 24.5. The average molecular weight is 284 g/mol. The molecule has 0 saturated carbocycles. The first-order valence-electron chi connectivity index (χ1n) is 5.89. The average Bonchev–Trinajstić information content (AvgIpc) is 2.95. The van der Waals surface area contributed by atoms with E-state index in [0.717, 1.165) is 6.20 Å². The minimum absolute atomic E-state index is 0.190. The van der Waals surface area contributed by atoms with Gasteiger partial charge in [0.1, 0.15) is 6.20 Å². The SMILES string of the molecule is O=C(O)c1ccn(-c2c([N+](=O)[O-])cnc3ccccc23)n1. The highest BCUT2D eigenvalue weighted by Crippen LogP contribution is 2.29. The van der Waals surface area contributed by atoms with Gasteiger partial charge in [-0.15, -0.1) is 0 Å². The molecule has 8 heteroatoms. The van der Waals surface area contributed by atoms with Crippen molar-refractivity contribution in [2.24, 2.45) is 0 Å². The number of pyridine rings is 1. The van der Waals surface area contributed by atoms with E-state index in [1.54, 1.807) is 24.3 Å². The fourth-order valence-corrected chi connectivity index (χ4v) is 2.05. The standard InChI is InChI=1S/C13H8N4O4/c18-13(19)10-5-6-16(15-10)12-8-3-1-2-4-9(8)14-7-11(12)17(20)21/h1-7H,(H,18,19). The van der Waals surface area contributed by atoms with Crippen molar-refractivity contribution in [3.05, 3.63) is 58.5 Å². The summed E-state index contributed by atoms with van der Waals surface area (Å²) in [7, 11) is 0. The van der Waals surface area contributed by atoms with E-state index in [0.29, 0.717) is 10.9 Å². The van der Waals surface area contributed by atoms with E-state index in [1.807, 2.05) is 0 Å². The van der Waals surface area contributed by atoms with Crippen LogP contribution in [0.3, 0.4) is 0 Å². The zero-order chi connectivity index (χ0) is 15.0. The van der Waals surface area contributed by atoms with E-state index < -0.39 is 10.9 Å². The van der Waals surface area contributed by atoms with Gasteiger partial charge in [0.25, 0.3) is 0 Å². The third-order valence-corrected chi connectivity index (χ3v) is 2.96. The number of nitro groups is 1. The second-order valence-corrected chi connectivity index (χ2v) is 4.22. The summed E-state index contributed by atoms with van der Waals surface area (Å²) in [6, 6.07) is 8.15. The van der Waals surface area contributed by atoms with Crippen LogP contribution in [-0.4, -0.2) is 30.8 Å². The number of hydrogen-bond donors (Lipinski definition) is 1. The molecule has 0 unspecified atom stereocenters. The van der Waals surface area contributed by atoms with Crippen LogP contribution in [0.4, 0.5) is 5.69 Å². The number of carbonyl (C=O) groups is 1. The Hall–Kier alpha value is -3.29. The van der Waals surface area contributed by atoms with Crippen LogP contribution >= 0.6 is 0 Å². The van der Waals surface area contributed by atoms with Crippen molar-refractivity contribution in [1.29, 1.82) is 0 Å². The number of para-hydroxylation sites is 1. The molecule has 0 radical (unpaired) electrons. The molecule has 0 bridgehead atoms. The van der Waals surface area contributed by atoms with Crippen molar-refractivity contribution in [1.82, 2.24) is 14.8 Å². The molecule has 0 spiro atoms. The van der Waals surface area contributed by atoms with Crippen molar-refractivity contribution in [2.75, 3.05) is 0 Å².